The SMILES string of the molecule is Cl.OC[C@@H](c1cc(F)c(F)cc1F)N1CCNCC1. The smallest absolute Gasteiger partial charge is 0.161 e. The van der Waals surface area contributed by atoms with Gasteiger partial charge in [0.05, 0.1) is 12.6 Å². The molecule has 0 saturated carbocycles. The molecule has 1 aromatic carbocycles. The average Bonchev–Trinajstić information content (AvgIpc) is 2.38. The summed E-state index contributed by atoms with van der Waals surface area (Å²) in [6.07, 6.45) is 0. The van der Waals surface area contributed by atoms with Crippen molar-refractivity contribution in [1.29, 1.82) is 0 Å². The molecule has 1 aliphatic rings. The van der Waals surface area contributed by atoms with E-state index < -0.39 is 23.5 Å². The van der Waals surface area contributed by atoms with Crippen molar-refractivity contribution in [3.8, 4) is 0 Å². The third-order valence-corrected chi connectivity index (χ3v) is 3.16. The molecule has 2 N–H and O–H groups in total. The first kappa shape index (κ1) is 16.2. The number of aliphatic hydroxyl groups is 1. The lowest BCUT2D eigenvalue weighted by molar-refractivity contribution is 0.108. The number of nitrogens with one attached hydrogen (secondary N) is 1. The highest BCUT2D eigenvalue weighted by atomic mass is 35.5. The molecule has 108 valence electrons. The quantitative estimate of drug-likeness (QED) is 0.829. The minimum absolute atomic E-state index is 0. The highest BCUT2D eigenvalue weighted by Crippen LogP contribution is 2.25. The molecule has 3 nitrogen and oxygen atoms in total. The third kappa shape index (κ3) is 3.60. The summed E-state index contributed by atoms with van der Waals surface area (Å²) < 4.78 is 39.7. The zero-order chi connectivity index (χ0) is 13.1. The minimum atomic E-state index is -1.21. The molecule has 0 aliphatic carbocycles. The van der Waals surface area contributed by atoms with E-state index in [9.17, 15) is 18.3 Å². The fourth-order valence-electron chi connectivity index (χ4n) is 2.20. The maximum absolute atomic E-state index is 13.7. The number of aliphatic hydroxyl groups excluding tert-OH is 1. The summed E-state index contributed by atoms with van der Waals surface area (Å²) in [5, 5.41) is 12.5. The molecule has 0 bridgehead atoms. The van der Waals surface area contributed by atoms with Crippen LogP contribution < -0.4 is 5.32 Å². The van der Waals surface area contributed by atoms with E-state index in [4.69, 9.17) is 0 Å². The van der Waals surface area contributed by atoms with E-state index in [2.05, 4.69) is 5.32 Å². The Labute approximate surface area is 115 Å². The van der Waals surface area contributed by atoms with Gasteiger partial charge in [-0.2, -0.15) is 0 Å². The lowest BCUT2D eigenvalue weighted by atomic mass is 10.0. The van der Waals surface area contributed by atoms with Gasteiger partial charge in [-0.05, 0) is 6.07 Å². The zero-order valence-corrected chi connectivity index (χ0v) is 11.0. The van der Waals surface area contributed by atoms with Crippen LogP contribution in [0.4, 0.5) is 13.2 Å². The van der Waals surface area contributed by atoms with Crippen molar-refractivity contribution in [2.24, 2.45) is 0 Å². The van der Waals surface area contributed by atoms with Gasteiger partial charge in [-0.1, -0.05) is 0 Å². The van der Waals surface area contributed by atoms with Crippen LogP contribution in [0.15, 0.2) is 12.1 Å². The number of hydrogen-bond donors (Lipinski definition) is 2. The van der Waals surface area contributed by atoms with Gasteiger partial charge >= 0.3 is 0 Å². The van der Waals surface area contributed by atoms with Crippen LogP contribution in [-0.2, 0) is 0 Å². The van der Waals surface area contributed by atoms with Crippen LogP contribution in [-0.4, -0.2) is 42.8 Å². The van der Waals surface area contributed by atoms with Crippen LogP contribution in [0, 0.1) is 17.5 Å². The average molecular weight is 297 g/mol. The predicted molar refractivity (Wildman–Crippen MR) is 67.8 cm³/mol. The number of benzene rings is 1. The molecule has 19 heavy (non-hydrogen) atoms. The molecular formula is C12H16ClF3N2O. The van der Waals surface area contributed by atoms with Gasteiger partial charge in [0.15, 0.2) is 11.6 Å². The predicted octanol–water partition coefficient (Wildman–Crippen LogP) is 1.46. The molecule has 0 aromatic heterocycles. The van der Waals surface area contributed by atoms with Crippen LogP contribution in [0.5, 0.6) is 0 Å². The topological polar surface area (TPSA) is 35.5 Å². The van der Waals surface area contributed by atoms with E-state index >= 15 is 0 Å². The van der Waals surface area contributed by atoms with Crippen molar-refractivity contribution >= 4 is 12.4 Å². The maximum Gasteiger partial charge on any atom is 0.161 e. The zero-order valence-electron chi connectivity index (χ0n) is 10.2. The Morgan fingerprint density at radius 1 is 1.11 bits per heavy atom. The van der Waals surface area contributed by atoms with Crippen molar-refractivity contribution in [1.82, 2.24) is 10.2 Å². The summed E-state index contributed by atoms with van der Waals surface area (Å²) >= 11 is 0. The number of nitrogens with zero attached hydrogens (tertiary/aromatic N) is 1. The van der Waals surface area contributed by atoms with Gasteiger partial charge in [0.25, 0.3) is 0 Å². The standard InChI is InChI=1S/C12H15F3N2O.ClH/c13-9-6-11(15)10(14)5-8(9)12(7-18)17-3-1-16-2-4-17;/h5-6,12,16,18H,1-4,7H2;1H/t12-;/m0./s1. The van der Waals surface area contributed by atoms with Crippen LogP contribution >= 0.6 is 12.4 Å². The van der Waals surface area contributed by atoms with Crippen molar-refractivity contribution in [2.75, 3.05) is 32.8 Å². The first-order valence-corrected chi connectivity index (χ1v) is 5.83. The first-order valence-electron chi connectivity index (χ1n) is 5.83. The van der Waals surface area contributed by atoms with Crippen LogP contribution in [0.3, 0.4) is 0 Å². The molecule has 0 spiro atoms. The van der Waals surface area contributed by atoms with E-state index in [1.807, 2.05) is 4.90 Å². The highest BCUT2D eigenvalue weighted by molar-refractivity contribution is 5.85. The fraction of sp³-hybridized carbons (Fsp3) is 0.500. The van der Waals surface area contributed by atoms with Gasteiger partial charge in [-0.25, -0.2) is 13.2 Å². The Morgan fingerprint density at radius 2 is 1.68 bits per heavy atom. The molecule has 1 saturated heterocycles. The van der Waals surface area contributed by atoms with E-state index in [1.165, 1.54) is 0 Å². The van der Waals surface area contributed by atoms with Gasteiger partial charge in [0.2, 0.25) is 0 Å². The number of rotatable bonds is 3. The molecule has 0 unspecified atom stereocenters. The van der Waals surface area contributed by atoms with E-state index in [1.54, 1.807) is 0 Å². The van der Waals surface area contributed by atoms with Crippen molar-refractivity contribution in [3.05, 3.63) is 35.1 Å². The lowest BCUT2D eigenvalue weighted by Crippen LogP contribution is -2.46. The summed E-state index contributed by atoms with van der Waals surface area (Å²) in [5.41, 5.74) is -0.00157. The Morgan fingerprint density at radius 3 is 2.26 bits per heavy atom. The Kier molecular flexibility index (Phi) is 6.06. The second kappa shape index (κ2) is 7.09. The summed E-state index contributed by atoms with van der Waals surface area (Å²) in [7, 11) is 0. The van der Waals surface area contributed by atoms with Gasteiger partial charge in [-0.15, -0.1) is 12.4 Å². The summed E-state index contributed by atoms with van der Waals surface area (Å²) in [6.45, 7) is 2.37. The van der Waals surface area contributed by atoms with Gasteiger partial charge in [0, 0.05) is 37.8 Å². The first-order chi connectivity index (χ1) is 8.63. The molecule has 1 aromatic rings. The van der Waals surface area contributed by atoms with Gasteiger partial charge < -0.3 is 10.4 Å². The van der Waals surface area contributed by atoms with Crippen molar-refractivity contribution in [3.63, 3.8) is 0 Å². The normalized spacial score (nSPS) is 17.9. The molecule has 1 fully saturated rings. The second-order valence-corrected chi connectivity index (χ2v) is 4.27. The monoisotopic (exact) mass is 296 g/mol. The van der Waals surface area contributed by atoms with Crippen molar-refractivity contribution in [2.45, 2.75) is 6.04 Å². The number of halogens is 4. The number of piperazine rings is 1. The highest BCUT2D eigenvalue weighted by Gasteiger charge is 2.25. The number of hydrogen-bond acceptors (Lipinski definition) is 3. The Bertz CT molecular complexity index is 428. The Balaban J connectivity index is 0.00000180. The van der Waals surface area contributed by atoms with Crippen LogP contribution in [0.25, 0.3) is 0 Å². The molecule has 7 heteroatoms. The summed E-state index contributed by atoms with van der Waals surface area (Å²) in [6, 6.07) is 0.713. The van der Waals surface area contributed by atoms with E-state index in [-0.39, 0.29) is 24.6 Å². The van der Waals surface area contributed by atoms with Gasteiger partial charge in [-0.3, -0.25) is 4.90 Å². The molecule has 1 aliphatic heterocycles. The molecule has 1 heterocycles. The largest absolute Gasteiger partial charge is 0.394 e. The van der Waals surface area contributed by atoms with Gasteiger partial charge in [0.1, 0.15) is 5.82 Å². The van der Waals surface area contributed by atoms with E-state index in [0.29, 0.717) is 19.2 Å². The molecule has 0 amide bonds. The summed E-state index contributed by atoms with van der Waals surface area (Å²) in [5.74, 6) is -3.14. The summed E-state index contributed by atoms with van der Waals surface area (Å²) in [4.78, 5) is 1.85. The van der Waals surface area contributed by atoms with E-state index in [0.717, 1.165) is 19.2 Å². The fourth-order valence-corrected chi connectivity index (χ4v) is 2.20. The van der Waals surface area contributed by atoms with Crippen molar-refractivity contribution < 1.29 is 18.3 Å². The second-order valence-electron chi connectivity index (χ2n) is 4.27. The Hall–Kier alpha value is -0.820. The third-order valence-electron chi connectivity index (χ3n) is 3.16. The molecular weight excluding hydrogens is 281 g/mol. The molecule has 0 radical (unpaired) electrons. The minimum Gasteiger partial charge on any atom is -0.394 e. The molecule has 2 rings (SSSR count). The lowest BCUT2D eigenvalue weighted by Gasteiger charge is -2.34. The van der Waals surface area contributed by atoms with Crippen LogP contribution in [0.2, 0.25) is 0 Å². The molecule has 1 atom stereocenters. The maximum atomic E-state index is 13.7. The van der Waals surface area contributed by atoms with Crippen LogP contribution in [0.1, 0.15) is 11.6 Å².